The Kier molecular flexibility index (Phi) is 5.15. The van der Waals surface area contributed by atoms with Crippen LogP contribution in [0.4, 0.5) is 0 Å². The van der Waals surface area contributed by atoms with E-state index in [9.17, 15) is 0 Å². The lowest BCUT2D eigenvalue weighted by Gasteiger charge is -2.11. The monoisotopic (exact) mass is 290 g/mol. The Hall–Kier alpha value is -1.39. The van der Waals surface area contributed by atoms with E-state index in [2.05, 4.69) is 48.6 Å². The number of hydrogen-bond acceptors (Lipinski definition) is 4. The standard InChI is InChI=1S/C16H22N2OS/c1-11(2)16-18-14(10-20-16)9-19-15-6-5-12(3)7-13(15)8-17-4/h5-7,10-11,17H,8-9H2,1-4H3. The van der Waals surface area contributed by atoms with Gasteiger partial charge >= 0.3 is 0 Å². The molecule has 0 amide bonds. The zero-order valence-corrected chi connectivity index (χ0v) is 13.4. The van der Waals surface area contributed by atoms with Gasteiger partial charge in [-0.05, 0) is 20.0 Å². The van der Waals surface area contributed by atoms with Gasteiger partial charge < -0.3 is 10.1 Å². The van der Waals surface area contributed by atoms with Crippen molar-refractivity contribution in [1.29, 1.82) is 0 Å². The van der Waals surface area contributed by atoms with Crippen LogP contribution >= 0.6 is 11.3 Å². The van der Waals surface area contributed by atoms with Crippen LogP contribution in [0.2, 0.25) is 0 Å². The third kappa shape index (κ3) is 3.81. The van der Waals surface area contributed by atoms with Gasteiger partial charge in [-0.25, -0.2) is 4.98 Å². The lowest BCUT2D eigenvalue weighted by molar-refractivity contribution is 0.298. The van der Waals surface area contributed by atoms with E-state index in [1.54, 1.807) is 11.3 Å². The predicted molar refractivity (Wildman–Crippen MR) is 84.5 cm³/mol. The molecule has 0 fully saturated rings. The number of nitrogens with one attached hydrogen (secondary N) is 1. The first kappa shape index (κ1) is 15.0. The maximum absolute atomic E-state index is 5.93. The Bertz CT molecular complexity index is 563. The molecule has 0 spiro atoms. The molecule has 0 aliphatic carbocycles. The molecule has 0 aliphatic heterocycles. The lowest BCUT2D eigenvalue weighted by atomic mass is 10.1. The summed E-state index contributed by atoms with van der Waals surface area (Å²) >= 11 is 1.71. The second kappa shape index (κ2) is 6.86. The Morgan fingerprint density at radius 3 is 2.80 bits per heavy atom. The van der Waals surface area contributed by atoms with Crippen molar-refractivity contribution in [3.63, 3.8) is 0 Å². The van der Waals surface area contributed by atoms with Crippen molar-refractivity contribution < 1.29 is 4.74 Å². The normalized spacial score (nSPS) is 11.1. The molecule has 1 N–H and O–H groups in total. The van der Waals surface area contributed by atoms with Gasteiger partial charge in [-0.3, -0.25) is 0 Å². The molecule has 0 aliphatic rings. The van der Waals surface area contributed by atoms with Crippen LogP contribution in [0.3, 0.4) is 0 Å². The minimum absolute atomic E-state index is 0.480. The van der Waals surface area contributed by atoms with Gasteiger partial charge in [-0.1, -0.05) is 31.5 Å². The van der Waals surface area contributed by atoms with Crippen molar-refractivity contribution in [3.05, 3.63) is 45.4 Å². The molecule has 20 heavy (non-hydrogen) atoms. The van der Waals surface area contributed by atoms with E-state index < -0.39 is 0 Å². The van der Waals surface area contributed by atoms with Crippen molar-refractivity contribution in [1.82, 2.24) is 10.3 Å². The highest BCUT2D eigenvalue weighted by Gasteiger charge is 2.08. The van der Waals surface area contributed by atoms with Gasteiger partial charge in [0.1, 0.15) is 12.4 Å². The summed E-state index contributed by atoms with van der Waals surface area (Å²) in [6.45, 7) is 7.76. The van der Waals surface area contributed by atoms with Gasteiger partial charge in [0, 0.05) is 23.4 Å². The molecule has 0 saturated heterocycles. The van der Waals surface area contributed by atoms with Gasteiger partial charge in [0.2, 0.25) is 0 Å². The number of aromatic nitrogens is 1. The van der Waals surface area contributed by atoms with E-state index in [-0.39, 0.29) is 0 Å². The van der Waals surface area contributed by atoms with Gasteiger partial charge in [0.25, 0.3) is 0 Å². The molecular weight excluding hydrogens is 268 g/mol. The fourth-order valence-corrected chi connectivity index (χ4v) is 2.80. The van der Waals surface area contributed by atoms with Gasteiger partial charge in [0.15, 0.2) is 0 Å². The molecule has 0 unspecified atom stereocenters. The highest BCUT2D eigenvalue weighted by atomic mass is 32.1. The van der Waals surface area contributed by atoms with Crippen LogP contribution in [0.1, 0.15) is 41.6 Å². The summed E-state index contributed by atoms with van der Waals surface area (Å²) in [6.07, 6.45) is 0. The number of rotatable bonds is 6. The lowest BCUT2D eigenvalue weighted by Crippen LogP contribution is -2.08. The minimum Gasteiger partial charge on any atom is -0.487 e. The van der Waals surface area contributed by atoms with Crippen LogP contribution in [0.25, 0.3) is 0 Å². The van der Waals surface area contributed by atoms with E-state index in [0.29, 0.717) is 12.5 Å². The summed E-state index contributed by atoms with van der Waals surface area (Å²) in [5, 5.41) is 6.43. The molecule has 2 aromatic rings. The number of thiazole rings is 1. The second-order valence-corrected chi connectivity index (χ2v) is 6.15. The first-order valence-corrected chi connectivity index (χ1v) is 7.79. The second-order valence-electron chi connectivity index (χ2n) is 5.26. The molecule has 0 bridgehead atoms. The first-order valence-electron chi connectivity index (χ1n) is 6.91. The Balaban J connectivity index is 2.06. The fraction of sp³-hybridized carbons (Fsp3) is 0.438. The van der Waals surface area contributed by atoms with Gasteiger partial charge in [0.05, 0.1) is 10.7 Å². The molecule has 0 radical (unpaired) electrons. The summed E-state index contributed by atoms with van der Waals surface area (Å²) in [6, 6.07) is 6.28. The molecule has 108 valence electrons. The zero-order chi connectivity index (χ0) is 14.5. The summed E-state index contributed by atoms with van der Waals surface area (Å²) in [7, 11) is 1.95. The average Bonchev–Trinajstić information content (AvgIpc) is 2.87. The maximum Gasteiger partial charge on any atom is 0.131 e. The van der Waals surface area contributed by atoms with E-state index >= 15 is 0 Å². The van der Waals surface area contributed by atoms with Crippen molar-refractivity contribution in [2.45, 2.75) is 39.8 Å². The van der Waals surface area contributed by atoms with Gasteiger partial charge in [-0.15, -0.1) is 11.3 Å². The molecule has 1 heterocycles. The van der Waals surface area contributed by atoms with E-state index in [1.165, 1.54) is 16.1 Å². The minimum atomic E-state index is 0.480. The molecule has 0 atom stereocenters. The third-order valence-electron chi connectivity index (χ3n) is 3.02. The van der Waals surface area contributed by atoms with Crippen molar-refractivity contribution in [2.75, 3.05) is 7.05 Å². The Labute approximate surface area is 125 Å². The molecule has 1 aromatic heterocycles. The first-order chi connectivity index (χ1) is 9.60. The molecule has 3 nitrogen and oxygen atoms in total. The van der Waals surface area contributed by atoms with Crippen LogP contribution in [0.5, 0.6) is 5.75 Å². The van der Waals surface area contributed by atoms with Crippen LogP contribution in [0.15, 0.2) is 23.6 Å². The maximum atomic E-state index is 5.93. The quantitative estimate of drug-likeness (QED) is 0.877. The number of ether oxygens (including phenoxy) is 1. The van der Waals surface area contributed by atoms with Crippen LogP contribution in [-0.4, -0.2) is 12.0 Å². The van der Waals surface area contributed by atoms with Crippen LogP contribution < -0.4 is 10.1 Å². The highest BCUT2D eigenvalue weighted by molar-refractivity contribution is 7.09. The highest BCUT2D eigenvalue weighted by Crippen LogP contribution is 2.23. The SMILES string of the molecule is CNCc1cc(C)ccc1OCc1csc(C(C)C)n1. The zero-order valence-electron chi connectivity index (χ0n) is 12.6. The molecular formula is C16H22N2OS. The summed E-state index contributed by atoms with van der Waals surface area (Å²) in [5.41, 5.74) is 3.44. The number of aryl methyl sites for hydroxylation is 1. The smallest absolute Gasteiger partial charge is 0.131 e. The summed E-state index contributed by atoms with van der Waals surface area (Å²) in [4.78, 5) is 4.60. The average molecular weight is 290 g/mol. The van der Waals surface area contributed by atoms with E-state index in [4.69, 9.17) is 4.74 Å². The largest absolute Gasteiger partial charge is 0.487 e. The predicted octanol–water partition coefficient (Wildman–Crippen LogP) is 3.87. The van der Waals surface area contributed by atoms with Gasteiger partial charge in [-0.2, -0.15) is 0 Å². The molecule has 0 saturated carbocycles. The van der Waals surface area contributed by atoms with Crippen molar-refractivity contribution in [3.8, 4) is 5.75 Å². The third-order valence-corrected chi connectivity index (χ3v) is 4.22. The summed E-state index contributed by atoms with van der Waals surface area (Å²) in [5.74, 6) is 1.41. The molecule has 4 heteroatoms. The fourth-order valence-electron chi connectivity index (χ4n) is 1.98. The Morgan fingerprint density at radius 1 is 1.35 bits per heavy atom. The Morgan fingerprint density at radius 2 is 2.15 bits per heavy atom. The van der Waals surface area contributed by atoms with Crippen molar-refractivity contribution in [2.24, 2.45) is 0 Å². The van der Waals surface area contributed by atoms with E-state index in [1.807, 2.05) is 13.1 Å². The number of nitrogens with zero attached hydrogens (tertiary/aromatic N) is 1. The van der Waals surface area contributed by atoms with Crippen LogP contribution in [0, 0.1) is 6.92 Å². The van der Waals surface area contributed by atoms with Crippen LogP contribution in [-0.2, 0) is 13.2 Å². The van der Waals surface area contributed by atoms with Crippen molar-refractivity contribution >= 4 is 11.3 Å². The summed E-state index contributed by atoms with van der Waals surface area (Å²) < 4.78 is 5.93. The molecule has 2 rings (SSSR count). The number of benzene rings is 1. The molecule has 1 aromatic carbocycles. The topological polar surface area (TPSA) is 34.1 Å². The number of hydrogen-bond donors (Lipinski definition) is 1. The van der Waals surface area contributed by atoms with E-state index in [0.717, 1.165) is 18.0 Å².